The van der Waals surface area contributed by atoms with Gasteiger partial charge in [-0.1, -0.05) is 30.3 Å². The van der Waals surface area contributed by atoms with Crippen molar-refractivity contribution in [1.29, 1.82) is 0 Å². The summed E-state index contributed by atoms with van der Waals surface area (Å²) in [5, 5.41) is 5.00. The Kier molecular flexibility index (Phi) is 5.25. The molecule has 1 N–H and O–H groups in total. The molecule has 4 rings (SSSR count). The summed E-state index contributed by atoms with van der Waals surface area (Å²) in [7, 11) is 0. The highest BCUT2D eigenvalue weighted by molar-refractivity contribution is 9.10. The van der Waals surface area contributed by atoms with E-state index in [1.807, 2.05) is 48.5 Å². The van der Waals surface area contributed by atoms with Crippen LogP contribution in [-0.2, 0) is 4.79 Å². The summed E-state index contributed by atoms with van der Waals surface area (Å²) in [6.45, 7) is 2.03. The molecule has 2 heterocycles. The van der Waals surface area contributed by atoms with E-state index in [1.54, 1.807) is 6.20 Å². The number of carbonyl (C=O) groups excluding carboxylic acids is 1. The number of carbonyl (C=O) groups is 1. The van der Waals surface area contributed by atoms with Crippen LogP contribution in [0, 0.1) is 0 Å². The van der Waals surface area contributed by atoms with Crippen molar-refractivity contribution in [1.82, 2.24) is 4.98 Å². The molecular weight excluding hydrogens is 406 g/mol. The van der Waals surface area contributed by atoms with Gasteiger partial charge in [-0.15, -0.1) is 0 Å². The average Bonchev–Trinajstić information content (AvgIpc) is 3.23. The van der Waals surface area contributed by atoms with E-state index >= 15 is 0 Å². The van der Waals surface area contributed by atoms with Gasteiger partial charge >= 0.3 is 0 Å². The zero-order valence-corrected chi connectivity index (χ0v) is 16.4. The highest BCUT2D eigenvalue weighted by atomic mass is 79.9. The van der Waals surface area contributed by atoms with Gasteiger partial charge in [0, 0.05) is 13.1 Å². The van der Waals surface area contributed by atoms with Gasteiger partial charge in [0.05, 0.1) is 16.4 Å². The summed E-state index contributed by atoms with van der Waals surface area (Å²) in [5.74, 6) is 1.39. The van der Waals surface area contributed by atoms with Gasteiger partial charge < -0.3 is 15.0 Å². The maximum Gasteiger partial charge on any atom is 0.262 e. The summed E-state index contributed by atoms with van der Waals surface area (Å²) in [4.78, 5) is 18.9. The third-order valence-corrected chi connectivity index (χ3v) is 5.47. The molecule has 1 saturated heterocycles. The van der Waals surface area contributed by atoms with Gasteiger partial charge in [0.1, 0.15) is 11.6 Å². The number of benzene rings is 2. The van der Waals surface area contributed by atoms with Crippen LogP contribution in [0.2, 0.25) is 0 Å². The predicted molar refractivity (Wildman–Crippen MR) is 111 cm³/mol. The number of fused-ring (bicyclic) bond motifs is 1. The third-order valence-electron chi connectivity index (χ3n) is 4.65. The number of amides is 1. The summed E-state index contributed by atoms with van der Waals surface area (Å²) in [5.41, 5.74) is 0.670. The molecule has 0 aliphatic carbocycles. The molecule has 0 unspecified atom stereocenters. The summed E-state index contributed by atoms with van der Waals surface area (Å²) >= 11 is 3.57. The van der Waals surface area contributed by atoms with E-state index in [-0.39, 0.29) is 12.5 Å². The molecule has 0 radical (unpaired) electrons. The number of rotatable bonds is 5. The van der Waals surface area contributed by atoms with E-state index in [0.29, 0.717) is 11.4 Å². The van der Waals surface area contributed by atoms with Gasteiger partial charge in [-0.25, -0.2) is 4.98 Å². The van der Waals surface area contributed by atoms with Gasteiger partial charge in [0.25, 0.3) is 5.91 Å². The Balaban J connectivity index is 1.36. The Bertz CT molecular complexity index is 953. The fraction of sp³-hybridized carbons (Fsp3) is 0.238. The van der Waals surface area contributed by atoms with Crippen molar-refractivity contribution in [3.63, 3.8) is 0 Å². The van der Waals surface area contributed by atoms with Crippen LogP contribution in [0.4, 0.5) is 11.5 Å². The Hall–Kier alpha value is -2.60. The van der Waals surface area contributed by atoms with Crippen LogP contribution in [0.5, 0.6) is 5.75 Å². The standard InChI is InChI=1S/C21H20BrN3O2/c22-21-17-6-2-1-5-15(17)7-9-18(21)27-14-20(26)24-16-8-10-19(23-13-16)25-11-3-4-12-25/h1-2,5-10,13H,3-4,11-12,14H2,(H,24,26). The van der Waals surface area contributed by atoms with E-state index in [1.165, 1.54) is 12.8 Å². The Labute approximate surface area is 166 Å². The smallest absolute Gasteiger partial charge is 0.262 e. The lowest BCUT2D eigenvalue weighted by Crippen LogP contribution is -2.21. The van der Waals surface area contributed by atoms with Crippen LogP contribution in [0.25, 0.3) is 10.8 Å². The van der Waals surface area contributed by atoms with Crippen LogP contribution < -0.4 is 15.0 Å². The van der Waals surface area contributed by atoms with Gasteiger partial charge in [0.2, 0.25) is 0 Å². The predicted octanol–water partition coefficient (Wildman–Crippen LogP) is 4.62. The first kappa shape index (κ1) is 17.8. The Morgan fingerprint density at radius 1 is 1.11 bits per heavy atom. The van der Waals surface area contributed by atoms with Crippen molar-refractivity contribution in [2.24, 2.45) is 0 Å². The normalized spacial score (nSPS) is 13.7. The van der Waals surface area contributed by atoms with Gasteiger partial charge in [-0.05, 0) is 57.7 Å². The topological polar surface area (TPSA) is 54.5 Å². The first-order valence-electron chi connectivity index (χ1n) is 9.01. The van der Waals surface area contributed by atoms with Crippen molar-refractivity contribution in [3.05, 3.63) is 59.2 Å². The van der Waals surface area contributed by atoms with E-state index in [0.717, 1.165) is 34.2 Å². The molecule has 0 bridgehead atoms. The second-order valence-electron chi connectivity index (χ2n) is 6.53. The number of ether oxygens (including phenoxy) is 1. The van der Waals surface area contributed by atoms with E-state index in [4.69, 9.17) is 4.74 Å². The SMILES string of the molecule is O=C(COc1ccc2ccccc2c1Br)Nc1ccc(N2CCCC2)nc1. The molecule has 1 aliphatic rings. The van der Waals surface area contributed by atoms with Crippen molar-refractivity contribution < 1.29 is 9.53 Å². The lowest BCUT2D eigenvalue weighted by Gasteiger charge is -2.16. The number of nitrogens with one attached hydrogen (secondary N) is 1. The molecule has 3 aromatic rings. The minimum Gasteiger partial charge on any atom is -0.483 e. The number of hydrogen-bond acceptors (Lipinski definition) is 4. The molecule has 6 heteroatoms. The molecule has 2 aromatic carbocycles. The molecule has 1 amide bonds. The monoisotopic (exact) mass is 425 g/mol. The Morgan fingerprint density at radius 2 is 1.93 bits per heavy atom. The number of pyridine rings is 1. The van der Waals surface area contributed by atoms with Gasteiger partial charge in [0.15, 0.2) is 6.61 Å². The highest BCUT2D eigenvalue weighted by Gasteiger charge is 2.13. The van der Waals surface area contributed by atoms with Crippen LogP contribution >= 0.6 is 15.9 Å². The highest BCUT2D eigenvalue weighted by Crippen LogP contribution is 2.33. The van der Waals surface area contributed by atoms with Crippen molar-refractivity contribution >= 4 is 44.1 Å². The Morgan fingerprint density at radius 3 is 2.70 bits per heavy atom. The van der Waals surface area contributed by atoms with Gasteiger partial charge in [-0.2, -0.15) is 0 Å². The fourth-order valence-electron chi connectivity index (χ4n) is 3.26. The second kappa shape index (κ2) is 7.96. The molecule has 5 nitrogen and oxygen atoms in total. The number of halogens is 1. The summed E-state index contributed by atoms with van der Waals surface area (Å²) in [6, 6.07) is 15.7. The van der Waals surface area contributed by atoms with E-state index in [9.17, 15) is 4.79 Å². The lowest BCUT2D eigenvalue weighted by molar-refractivity contribution is -0.118. The molecule has 1 aliphatic heterocycles. The van der Waals surface area contributed by atoms with Crippen LogP contribution in [0.3, 0.4) is 0 Å². The minimum atomic E-state index is -0.217. The van der Waals surface area contributed by atoms with Crippen molar-refractivity contribution in [3.8, 4) is 5.75 Å². The van der Waals surface area contributed by atoms with Crippen molar-refractivity contribution in [2.75, 3.05) is 29.9 Å². The molecule has 0 spiro atoms. The number of hydrogen-bond donors (Lipinski definition) is 1. The summed E-state index contributed by atoms with van der Waals surface area (Å²) in [6.07, 6.45) is 4.11. The lowest BCUT2D eigenvalue weighted by atomic mass is 10.1. The number of anilines is 2. The van der Waals surface area contributed by atoms with Crippen molar-refractivity contribution in [2.45, 2.75) is 12.8 Å². The average molecular weight is 426 g/mol. The summed E-state index contributed by atoms with van der Waals surface area (Å²) < 4.78 is 6.55. The molecule has 0 saturated carbocycles. The molecule has 138 valence electrons. The van der Waals surface area contributed by atoms with Gasteiger partial charge in [-0.3, -0.25) is 4.79 Å². The van der Waals surface area contributed by atoms with Crippen LogP contribution in [0.1, 0.15) is 12.8 Å². The third kappa shape index (κ3) is 4.06. The molecule has 1 aromatic heterocycles. The van der Waals surface area contributed by atoms with Crippen LogP contribution in [-0.4, -0.2) is 30.6 Å². The molecule has 0 atom stereocenters. The van der Waals surface area contributed by atoms with E-state index < -0.39 is 0 Å². The largest absolute Gasteiger partial charge is 0.483 e. The fourth-order valence-corrected chi connectivity index (χ4v) is 3.87. The number of aromatic nitrogens is 1. The molecule has 1 fully saturated rings. The molecule has 27 heavy (non-hydrogen) atoms. The zero-order chi connectivity index (χ0) is 18.6. The number of nitrogens with zero attached hydrogens (tertiary/aromatic N) is 2. The maximum absolute atomic E-state index is 12.2. The first-order chi connectivity index (χ1) is 13.2. The molecular formula is C21H20BrN3O2. The zero-order valence-electron chi connectivity index (χ0n) is 14.8. The second-order valence-corrected chi connectivity index (χ2v) is 7.33. The van der Waals surface area contributed by atoms with Crippen LogP contribution in [0.15, 0.2) is 59.2 Å². The van der Waals surface area contributed by atoms with E-state index in [2.05, 4.69) is 31.1 Å². The quantitative estimate of drug-likeness (QED) is 0.647. The first-order valence-corrected chi connectivity index (χ1v) is 9.81. The maximum atomic E-state index is 12.2. The minimum absolute atomic E-state index is 0.0647.